The molecule has 0 saturated carbocycles. The average Bonchev–Trinajstić information content (AvgIpc) is 3.20. The number of aromatic nitrogens is 4. The number of carbonyl (C=O) groups excluding carboxylic acids is 1. The van der Waals surface area contributed by atoms with Crippen LogP contribution in [0.25, 0.3) is 0 Å². The van der Waals surface area contributed by atoms with E-state index >= 15 is 0 Å². The van der Waals surface area contributed by atoms with Gasteiger partial charge in [0.25, 0.3) is 0 Å². The van der Waals surface area contributed by atoms with Gasteiger partial charge in [-0.05, 0) is 36.1 Å². The van der Waals surface area contributed by atoms with Gasteiger partial charge >= 0.3 is 0 Å². The van der Waals surface area contributed by atoms with Gasteiger partial charge in [-0.2, -0.15) is 5.10 Å². The molecule has 0 aliphatic carbocycles. The minimum Gasteiger partial charge on any atom is -0.375 e. The van der Waals surface area contributed by atoms with Crippen LogP contribution in [0.4, 0.5) is 5.13 Å². The molecule has 7 nitrogen and oxygen atoms in total. The predicted molar refractivity (Wildman–Crippen MR) is 99.9 cm³/mol. The summed E-state index contributed by atoms with van der Waals surface area (Å²) in [7, 11) is 0. The topological polar surface area (TPSA) is 98.7 Å². The highest BCUT2D eigenvalue weighted by Crippen LogP contribution is 2.39. The third kappa shape index (κ3) is 3.08. The van der Waals surface area contributed by atoms with E-state index in [2.05, 4.69) is 46.4 Å². The molecule has 1 amide bonds. The maximum atomic E-state index is 12.2. The van der Waals surface area contributed by atoms with E-state index in [1.165, 1.54) is 34.4 Å². The number of nitrogens with two attached hydrogens (primary N) is 1. The first-order valence-corrected chi connectivity index (χ1v) is 9.27. The molecule has 3 heterocycles. The van der Waals surface area contributed by atoms with Crippen LogP contribution >= 0.6 is 11.3 Å². The zero-order valence-electron chi connectivity index (χ0n) is 14.7. The van der Waals surface area contributed by atoms with E-state index < -0.39 is 0 Å². The van der Waals surface area contributed by atoms with E-state index in [4.69, 9.17) is 5.73 Å². The number of aryl methyl sites for hydroxylation is 2. The molecule has 1 atom stereocenters. The van der Waals surface area contributed by atoms with Crippen LogP contribution in [0.3, 0.4) is 0 Å². The summed E-state index contributed by atoms with van der Waals surface area (Å²) in [4.78, 5) is 21.8. The Hall–Kier alpha value is -2.74. The van der Waals surface area contributed by atoms with Crippen LogP contribution < -0.4 is 11.1 Å². The lowest BCUT2D eigenvalue weighted by Crippen LogP contribution is -2.21. The molecule has 1 unspecified atom stereocenters. The summed E-state index contributed by atoms with van der Waals surface area (Å²) < 4.78 is 1.80. The van der Waals surface area contributed by atoms with Gasteiger partial charge in [0.2, 0.25) is 5.91 Å². The smallest absolute Gasteiger partial charge is 0.221 e. The number of rotatable bonds is 3. The summed E-state index contributed by atoms with van der Waals surface area (Å²) in [6.07, 6.45) is 3.65. The SMILES string of the molecule is Cc1cc(C)c(C2CC(=O)NCc3nc(N)sc32)cc1Cn1cncn1. The van der Waals surface area contributed by atoms with Crippen molar-refractivity contribution in [3.63, 3.8) is 0 Å². The van der Waals surface area contributed by atoms with E-state index in [1.807, 2.05) is 0 Å². The molecule has 2 aromatic heterocycles. The van der Waals surface area contributed by atoms with Crippen molar-refractivity contribution in [2.75, 3.05) is 5.73 Å². The van der Waals surface area contributed by atoms with Gasteiger partial charge in [-0.3, -0.25) is 4.79 Å². The normalized spacial score (nSPS) is 16.8. The van der Waals surface area contributed by atoms with Gasteiger partial charge in [-0.25, -0.2) is 14.6 Å². The zero-order chi connectivity index (χ0) is 18.3. The van der Waals surface area contributed by atoms with Gasteiger partial charge in [0.05, 0.1) is 18.8 Å². The molecule has 0 saturated heterocycles. The molecule has 3 N–H and O–H groups in total. The third-order valence-corrected chi connectivity index (χ3v) is 5.84. The monoisotopic (exact) mass is 368 g/mol. The molecule has 0 fully saturated rings. The summed E-state index contributed by atoms with van der Waals surface area (Å²) in [6, 6.07) is 4.36. The molecule has 3 aromatic rings. The number of fused-ring (bicyclic) bond motifs is 1. The van der Waals surface area contributed by atoms with Gasteiger partial charge < -0.3 is 11.1 Å². The standard InChI is InChI=1S/C18H20N6OS/c1-10-3-11(2)13(4-12(10)7-24-9-20-8-22-24)14-5-16(25)21-6-15-17(14)26-18(19)23-15/h3-4,8-9,14H,5-7H2,1-2H3,(H2,19,23)(H,21,25). The van der Waals surface area contributed by atoms with Crippen LogP contribution in [-0.2, 0) is 17.9 Å². The van der Waals surface area contributed by atoms with Crippen molar-refractivity contribution in [1.29, 1.82) is 0 Å². The van der Waals surface area contributed by atoms with Crippen molar-refractivity contribution >= 4 is 22.4 Å². The Balaban J connectivity index is 1.79. The number of hydrogen-bond donors (Lipinski definition) is 2. The number of nitrogens with zero attached hydrogens (tertiary/aromatic N) is 4. The highest BCUT2D eigenvalue weighted by Gasteiger charge is 2.29. The minimum atomic E-state index is -0.0302. The number of benzene rings is 1. The first-order chi connectivity index (χ1) is 12.5. The molecule has 0 spiro atoms. The number of nitrogens with one attached hydrogen (secondary N) is 1. The molecule has 1 aliphatic heterocycles. The molecule has 4 rings (SSSR count). The van der Waals surface area contributed by atoms with Gasteiger partial charge in [0.1, 0.15) is 12.7 Å². The molecule has 8 heteroatoms. The summed E-state index contributed by atoms with van der Waals surface area (Å²) >= 11 is 1.48. The number of anilines is 1. The Bertz CT molecular complexity index is 962. The highest BCUT2D eigenvalue weighted by molar-refractivity contribution is 7.15. The Morgan fingerprint density at radius 2 is 2.19 bits per heavy atom. The summed E-state index contributed by atoms with van der Waals surface area (Å²) in [5.41, 5.74) is 11.5. The van der Waals surface area contributed by atoms with Gasteiger partial charge in [-0.15, -0.1) is 11.3 Å². The lowest BCUT2D eigenvalue weighted by molar-refractivity contribution is -0.121. The fourth-order valence-corrected chi connectivity index (χ4v) is 4.49. The van der Waals surface area contributed by atoms with E-state index in [1.54, 1.807) is 11.0 Å². The first-order valence-electron chi connectivity index (χ1n) is 8.45. The van der Waals surface area contributed by atoms with Gasteiger partial charge in [-0.1, -0.05) is 12.1 Å². The highest BCUT2D eigenvalue weighted by atomic mass is 32.1. The number of carbonyl (C=O) groups is 1. The van der Waals surface area contributed by atoms with Gasteiger partial charge in [0.15, 0.2) is 5.13 Å². The third-order valence-electron chi connectivity index (χ3n) is 4.80. The second-order valence-corrected chi connectivity index (χ2v) is 7.69. The van der Waals surface area contributed by atoms with Crippen molar-refractivity contribution in [1.82, 2.24) is 25.1 Å². The lowest BCUT2D eigenvalue weighted by Gasteiger charge is -2.19. The van der Waals surface area contributed by atoms with Crippen LogP contribution in [0.1, 0.15) is 45.2 Å². The van der Waals surface area contributed by atoms with E-state index in [9.17, 15) is 4.79 Å². The fourth-order valence-electron chi connectivity index (χ4n) is 3.52. The Labute approximate surface area is 155 Å². The number of thiazole rings is 1. The second-order valence-electron chi connectivity index (χ2n) is 6.62. The van der Waals surface area contributed by atoms with Gasteiger partial charge in [0, 0.05) is 17.2 Å². The second kappa shape index (κ2) is 6.53. The van der Waals surface area contributed by atoms with Crippen LogP contribution in [0, 0.1) is 13.8 Å². The van der Waals surface area contributed by atoms with Crippen molar-refractivity contribution in [3.8, 4) is 0 Å². The van der Waals surface area contributed by atoms with Crippen molar-refractivity contribution in [3.05, 3.63) is 57.6 Å². The first kappa shape index (κ1) is 16.7. The average molecular weight is 368 g/mol. The minimum absolute atomic E-state index is 0.0302. The fraction of sp³-hybridized carbons (Fsp3) is 0.333. The summed E-state index contributed by atoms with van der Waals surface area (Å²) in [5.74, 6) is 0.00830. The predicted octanol–water partition coefficient (Wildman–Crippen LogP) is 2.13. The summed E-state index contributed by atoms with van der Waals surface area (Å²) in [5, 5.41) is 7.67. The Kier molecular flexibility index (Phi) is 4.20. The Morgan fingerprint density at radius 1 is 1.35 bits per heavy atom. The van der Waals surface area contributed by atoms with E-state index in [0.29, 0.717) is 24.6 Å². The largest absolute Gasteiger partial charge is 0.375 e. The zero-order valence-corrected chi connectivity index (χ0v) is 15.5. The molecule has 0 radical (unpaired) electrons. The Morgan fingerprint density at radius 3 is 2.96 bits per heavy atom. The maximum Gasteiger partial charge on any atom is 0.221 e. The number of nitrogen functional groups attached to an aromatic ring is 1. The van der Waals surface area contributed by atoms with Crippen LogP contribution in [0.2, 0.25) is 0 Å². The van der Waals surface area contributed by atoms with E-state index in [-0.39, 0.29) is 11.8 Å². The quantitative estimate of drug-likeness (QED) is 0.738. The number of amides is 1. The van der Waals surface area contributed by atoms with Crippen LogP contribution in [0.15, 0.2) is 24.8 Å². The number of hydrogen-bond acceptors (Lipinski definition) is 6. The molecule has 0 bridgehead atoms. The molecule has 1 aromatic carbocycles. The summed E-state index contributed by atoms with van der Waals surface area (Å²) in [6.45, 7) is 5.28. The van der Waals surface area contributed by atoms with Crippen LogP contribution in [-0.4, -0.2) is 25.7 Å². The maximum absolute atomic E-state index is 12.2. The molecule has 26 heavy (non-hydrogen) atoms. The van der Waals surface area contributed by atoms with Crippen LogP contribution in [0.5, 0.6) is 0 Å². The van der Waals surface area contributed by atoms with Crippen molar-refractivity contribution in [2.24, 2.45) is 0 Å². The molecule has 1 aliphatic rings. The molecular weight excluding hydrogens is 348 g/mol. The van der Waals surface area contributed by atoms with E-state index in [0.717, 1.165) is 16.1 Å². The molecule has 134 valence electrons. The molecular formula is C18H20N6OS. The van der Waals surface area contributed by atoms with Crippen molar-refractivity contribution in [2.45, 2.75) is 39.3 Å². The van der Waals surface area contributed by atoms with Crippen molar-refractivity contribution < 1.29 is 4.79 Å². The lowest BCUT2D eigenvalue weighted by atomic mass is 9.87.